The molecule has 0 spiro atoms. The number of hydrogen-bond acceptors (Lipinski definition) is 4. The van der Waals surface area contributed by atoms with Gasteiger partial charge in [-0.2, -0.15) is 0 Å². The fourth-order valence-electron chi connectivity index (χ4n) is 4.14. The maximum absolute atomic E-state index is 11.7. The molecule has 0 unspecified atom stereocenters. The Kier molecular flexibility index (Phi) is 4.78. The van der Waals surface area contributed by atoms with Crippen molar-refractivity contribution in [3.63, 3.8) is 0 Å². The van der Waals surface area contributed by atoms with E-state index < -0.39 is 5.60 Å². The first-order valence-corrected chi connectivity index (χ1v) is 7.97. The van der Waals surface area contributed by atoms with Crippen LogP contribution in [0, 0.1) is 11.3 Å². The molecule has 4 heteroatoms. The Morgan fingerprint density at radius 1 is 1.36 bits per heavy atom. The molecule has 0 aromatic heterocycles. The van der Waals surface area contributed by atoms with E-state index in [1.807, 2.05) is 6.08 Å². The third-order valence-electron chi connectivity index (χ3n) is 5.39. The van der Waals surface area contributed by atoms with Crippen molar-refractivity contribution in [1.29, 1.82) is 0 Å². The molecule has 0 aliphatic heterocycles. The van der Waals surface area contributed by atoms with E-state index in [0.717, 1.165) is 37.7 Å². The maximum Gasteiger partial charge on any atom is 0.330 e. The molecule has 22 heavy (non-hydrogen) atoms. The molecular weight excluding hydrogens is 280 g/mol. The maximum atomic E-state index is 11.7. The minimum atomic E-state index is -0.597. The van der Waals surface area contributed by atoms with E-state index in [1.165, 1.54) is 20.1 Å². The van der Waals surface area contributed by atoms with Gasteiger partial charge in [0.1, 0.15) is 5.60 Å². The van der Waals surface area contributed by atoms with Crippen LogP contribution >= 0.6 is 0 Å². The molecule has 0 radical (unpaired) electrons. The summed E-state index contributed by atoms with van der Waals surface area (Å²) in [5.41, 5.74) is 0.372. The smallest absolute Gasteiger partial charge is 0.330 e. The first-order chi connectivity index (χ1) is 10.3. The highest BCUT2D eigenvalue weighted by molar-refractivity contribution is 5.81. The first-order valence-electron chi connectivity index (χ1n) is 7.97. The second-order valence-corrected chi connectivity index (χ2v) is 6.82. The number of esters is 2. The van der Waals surface area contributed by atoms with E-state index in [1.54, 1.807) is 0 Å². The van der Waals surface area contributed by atoms with Crippen LogP contribution in [-0.2, 0) is 19.1 Å². The number of rotatable bonds is 3. The molecule has 0 aromatic rings. The number of hydrogen-bond donors (Lipinski definition) is 0. The van der Waals surface area contributed by atoms with E-state index >= 15 is 0 Å². The molecule has 0 bridgehead atoms. The molecule has 2 aliphatic rings. The predicted molar refractivity (Wildman–Crippen MR) is 84.1 cm³/mol. The standard InChI is InChI=1S/C18H26O4/c1-13-6-5-10-17(3)11-9-15(7-8-16(20)21-4)12-18(13,17)22-14(2)19/h7-8,15H,1,5-6,9-12H2,2-4H3/b8-7+/t15-,17-,18-/m1/s1. The second kappa shape index (κ2) is 6.27. The summed E-state index contributed by atoms with van der Waals surface area (Å²) in [6.07, 6.45) is 9.06. The van der Waals surface area contributed by atoms with Gasteiger partial charge >= 0.3 is 11.9 Å². The van der Waals surface area contributed by atoms with Crippen LogP contribution in [0.2, 0.25) is 0 Å². The van der Waals surface area contributed by atoms with Crippen molar-refractivity contribution in [1.82, 2.24) is 0 Å². The number of fused-ring (bicyclic) bond motifs is 1. The number of allylic oxidation sites excluding steroid dienone is 1. The summed E-state index contributed by atoms with van der Waals surface area (Å²) in [7, 11) is 1.37. The molecular formula is C18H26O4. The molecule has 122 valence electrons. The Morgan fingerprint density at radius 3 is 2.73 bits per heavy atom. The SMILES string of the molecule is C=C1CCC[C@]2(C)CC[C@@H](/C=C/C(=O)OC)C[C@@]12OC(C)=O. The van der Waals surface area contributed by atoms with Crippen molar-refractivity contribution in [3.8, 4) is 0 Å². The lowest BCUT2D eigenvalue weighted by molar-refractivity contribution is -0.180. The van der Waals surface area contributed by atoms with Crippen molar-refractivity contribution in [2.75, 3.05) is 7.11 Å². The molecule has 3 atom stereocenters. The highest BCUT2D eigenvalue weighted by Gasteiger charge is 2.57. The zero-order valence-electron chi connectivity index (χ0n) is 13.8. The fraction of sp³-hybridized carbons (Fsp3) is 0.667. The summed E-state index contributed by atoms with van der Waals surface area (Å²) in [5.74, 6) is -0.411. The molecule has 4 nitrogen and oxygen atoms in total. The topological polar surface area (TPSA) is 52.6 Å². The second-order valence-electron chi connectivity index (χ2n) is 6.82. The fourth-order valence-corrected chi connectivity index (χ4v) is 4.14. The third-order valence-corrected chi connectivity index (χ3v) is 5.39. The molecule has 0 amide bonds. The number of ether oxygens (including phenoxy) is 2. The number of carbonyl (C=O) groups is 2. The van der Waals surface area contributed by atoms with E-state index in [-0.39, 0.29) is 23.3 Å². The summed E-state index contributed by atoms with van der Waals surface area (Å²) >= 11 is 0. The van der Waals surface area contributed by atoms with Gasteiger partial charge in [-0.25, -0.2) is 4.79 Å². The van der Waals surface area contributed by atoms with Crippen LogP contribution in [0.25, 0.3) is 0 Å². The number of carbonyl (C=O) groups excluding carboxylic acids is 2. The predicted octanol–water partition coefficient (Wildman–Crippen LogP) is 3.56. The van der Waals surface area contributed by atoms with Crippen molar-refractivity contribution in [2.45, 2.75) is 58.0 Å². The Labute approximate surface area is 132 Å². The minimum absolute atomic E-state index is 0.0520. The molecule has 0 saturated heterocycles. The lowest BCUT2D eigenvalue weighted by atomic mass is 9.54. The minimum Gasteiger partial charge on any atom is -0.466 e. The Morgan fingerprint density at radius 2 is 2.09 bits per heavy atom. The van der Waals surface area contributed by atoms with E-state index in [0.29, 0.717) is 6.42 Å². The zero-order chi connectivity index (χ0) is 16.4. The average molecular weight is 306 g/mol. The molecule has 2 aliphatic carbocycles. The molecule has 2 rings (SSSR count). The van der Waals surface area contributed by atoms with Gasteiger partial charge in [-0.1, -0.05) is 19.6 Å². The lowest BCUT2D eigenvalue weighted by Crippen LogP contribution is -2.56. The zero-order valence-corrected chi connectivity index (χ0v) is 13.8. The van der Waals surface area contributed by atoms with Crippen LogP contribution in [0.5, 0.6) is 0 Å². The highest BCUT2D eigenvalue weighted by Crippen LogP contribution is 2.58. The lowest BCUT2D eigenvalue weighted by Gasteiger charge is -2.56. The van der Waals surface area contributed by atoms with Gasteiger partial charge in [-0.05, 0) is 50.0 Å². The average Bonchev–Trinajstić information content (AvgIpc) is 2.46. The van der Waals surface area contributed by atoms with Crippen LogP contribution in [0.1, 0.15) is 52.4 Å². The van der Waals surface area contributed by atoms with Crippen LogP contribution in [0.3, 0.4) is 0 Å². The van der Waals surface area contributed by atoms with Crippen molar-refractivity contribution >= 4 is 11.9 Å². The van der Waals surface area contributed by atoms with Crippen LogP contribution in [-0.4, -0.2) is 24.6 Å². The van der Waals surface area contributed by atoms with Crippen LogP contribution in [0.15, 0.2) is 24.3 Å². The van der Waals surface area contributed by atoms with Crippen LogP contribution in [0.4, 0.5) is 0 Å². The van der Waals surface area contributed by atoms with E-state index in [2.05, 4.69) is 18.2 Å². The van der Waals surface area contributed by atoms with E-state index in [4.69, 9.17) is 4.74 Å². The van der Waals surface area contributed by atoms with Gasteiger partial charge in [0.15, 0.2) is 0 Å². The van der Waals surface area contributed by atoms with Gasteiger partial charge in [0.05, 0.1) is 7.11 Å². The van der Waals surface area contributed by atoms with Crippen molar-refractivity contribution < 1.29 is 19.1 Å². The Bertz CT molecular complexity index is 507. The van der Waals surface area contributed by atoms with Gasteiger partial charge in [0.25, 0.3) is 0 Å². The van der Waals surface area contributed by atoms with Gasteiger partial charge in [-0.3, -0.25) is 4.79 Å². The van der Waals surface area contributed by atoms with Gasteiger partial charge in [-0.15, -0.1) is 0 Å². The van der Waals surface area contributed by atoms with E-state index in [9.17, 15) is 9.59 Å². The van der Waals surface area contributed by atoms with Gasteiger partial charge in [0.2, 0.25) is 0 Å². The third kappa shape index (κ3) is 2.96. The highest BCUT2D eigenvalue weighted by atomic mass is 16.6. The molecule has 0 aromatic carbocycles. The summed E-state index contributed by atoms with van der Waals surface area (Å²) < 4.78 is 10.5. The molecule has 2 saturated carbocycles. The van der Waals surface area contributed by atoms with Gasteiger partial charge in [0, 0.05) is 18.4 Å². The molecule has 2 fully saturated rings. The molecule has 0 heterocycles. The quantitative estimate of drug-likeness (QED) is 0.454. The summed E-state index contributed by atoms with van der Waals surface area (Å²) in [5, 5.41) is 0. The first kappa shape index (κ1) is 16.8. The summed E-state index contributed by atoms with van der Waals surface area (Å²) in [6, 6.07) is 0. The normalized spacial score (nSPS) is 35.0. The van der Waals surface area contributed by atoms with Crippen molar-refractivity contribution in [3.05, 3.63) is 24.3 Å². The van der Waals surface area contributed by atoms with Crippen LogP contribution < -0.4 is 0 Å². The largest absolute Gasteiger partial charge is 0.466 e. The summed E-state index contributed by atoms with van der Waals surface area (Å²) in [4.78, 5) is 23.0. The monoisotopic (exact) mass is 306 g/mol. The Balaban J connectivity index is 2.28. The summed E-state index contributed by atoms with van der Waals surface area (Å²) in [6.45, 7) is 7.89. The van der Waals surface area contributed by atoms with Crippen molar-refractivity contribution in [2.24, 2.45) is 11.3 Å². The van der Waals surface area contributed by atoms with Gasteiger partial charge < -0.3 is 9.47 Å². The molecule has 0 N–H and O–H groups in total. The Hall–Kier alpha value is -1.58. The number of methoxy groups -OCH3 is 1.